The molecule has 5 unspecified atom stereocenters. The molecule has 0 radical (unpaired) electrons. The summed E-state index contributed by atoms with van der Waals surface area (Å²) < 4.78 is 2.59. The summed E-state index contributed by atoms with van der Waals surface area (Å²) >= 11 is 0. The van der Waals surface area contributed by atoms with Crippen LogP contribution in [0.1, 0.15) is 54.2 Å². The lowest BCUT2D eigenvalue weighted by Gasteiger charge is -2.52. The number of fused-ring (bicyclic) bond motifs is 9. The van der Waals surface area contributed by atoms with Crippen molar-refractivity contribution in [2.45, 2.75) is 43.6 Å². The highest BCUT2D eigenvalue weighted by Gasteiger charge is 2.46. The molecule has 0 amide bonds. The van der Waals surface area contributed by atoms with E-state index in [-0.39, 0.29) is 24.3 Å². The molecule has 2 aliphatic heterocycles. The third-order valence-corrected chi connectivity index (χ3v) is 14.0. The van der Waals surface area contributed by atoms with Crippen molar-refractivity contribution in [3.63, 3.8) is 0 Å². The minimum atomic E-state index is -0.0105. The van der Waals surface area contributed by atoms with Crippen molar-refractivity contribution in [3.8, 4) is 5.69 Å². The van der Waals surface area contributed by atoms with Crippen molar-refractivity contribution >= 4 is 44.8 Å². The number of hydrogen-bond donors (Lipinski definition) is 1. The normalized spacial score (nSPS) is 23.4. The molecule has 288 valence electrons. The molecule has 4 heteroatoms. The number of nitrogens with one attached hydrogen (secondary N) is 1. The van der Waals surface area contributed by atoms with Gasteiger partial charge in [-0.25, -0.2) is 0 Å². The van der Waals surface area contributed by atoms with Gasteiger partial charge >= 0.3 is 0 Å². The first-order chi connectivity index (χ1) is 29.8. The van der Waals surface area contributed by atoms with Crippen LogP contribution < -0.4 is 25.7 Å². The number of nitrogens with zero attached hydrogens (tertiary/aromatic N) is 3. The summed E-state index contributed by atoms with van der Waals surface area (Å²) in [6.07, 6.45) is 22.6. The number of rotatable bonds is 5. The zero-order chi connectivity index (χ0) is 39.3. The van der Waals surface area contributed by atoms with Gasteiger partial charge < -0.3 is 14.4 Å². The van der Waals surface area contributed by atoms with Crippen molar-refractivity contribution in [2.75, 3.05) is 9.80 Å². The van der Waals surface area contributed by atoms with E-state index in [1.807, 2.05) is 0 Å². The Morgan fingerprint density at radius 1 is 0.650 bits per heavy atom. The summed E-state index contributed by atoms with van der Waals surface area (Å²) in [4.78, 5) is 5.33. The van der Waals surface area contributed by atoms with Gasteiger partial charge in [0.15, 0.2) is 0 Å². The lowest BCUT2D eigenvalue weighted by Crippen LogP contribution is -2.57. The van der Waals surface area contributed by atoms with Gasteiger partial charge in [0.1, 0.15) is 12.3 Å². The Hall–Kier alpha value is -6.88. The Morgan fingerprint density at radius 3 is 2.32 bits per heavy atom. The van der Waals surface area contributed by atoms with Crippen molar-refractivity contribution in [1.82, 2.24) is 9.88 Å². The average Bonchev–Trinajstić information content (AvgIpc) is 3.81. The van der Waals surface area contributed by atoms with Crippen LogP contribution in [0.15, 0.2) is 205 Å². The summed E-state index contributed by atoms with van der Waals surface area (Å²) in [6.45, 7) is 0. The molecule has 1 N–H and O–H groups in total. The van der Waals surface area contributed by atoms with Gasteiger partial charge in [0, 0.05) is 44.9 Å². The van der Waals surface area contributed by atoms with Crippen LogP contribution in [0, 0.1) is 5.92 Å². The molecule has 0 saturated carbocycles. The van der Waals surface area contributed by atoms with Gasteiger partial charge in [-0.2, -0.15) is 0 Å². The van der Waals surface area contributed by atoms with E-state index in [2.05, 4.69) is 214 Å². The summed E-state index contributed by atoms with van der Waals surface area (Å²) in [7, 11) is 0. The number of benzene rings is 6. The zero-order valence-electron chi connectivity index (χ0n) is 33.3. The Bertz CT molecular complexity index is 3200. The smallest absolute Gasteiger partial charge is 0.109 e. The molecule has 6 aromatic carbocycles. The minimum absolute atomic E-state index is 0.0105. The number of para-hydroxylation sites is 3. The predicted octanol–water partition coefficient (Wildman–Crippen LogP) is 11.2. The second-order valence-corrected chi connectivity index (χ2v) is 17.1. The number of hydrogen-bond acceptors (Lipinski definition) is 3. The lowest BCUT2D eigenvalue weighted by atomic mass is 9.78. The van der Waals surface area contributed by atoms with Crippen molar-refractivity contribution < 1.29 is 0 Å². The van der Waals surface area contributed by atoms with Crippen LogP contribution in [-0.2, 0) is 0 Å². The zero-order valence-corrected chi connectivity index (χ0v) is 33.3. The molecular weight excluding hydrogens is 729 g/mol. The molecule has 5 atom stereocenters. The van der Waals surface area contributed by atoms with E-state index in [0.717, 1.165) is 19.3 Å². The largest absolute Gasteiger partial charge is 0.335 e. The fourth-order valence-corrected chi connectivity index (χ4v) is 11.4. The van der Waals surface area contributed by atoms with E-state index in [0.29, 0.717) is 5.92 Å². The van der Waals surface area contributed by atoms with E-state index >= 15 is 0 Å². The van der Waals surface area contributed by atoms with Crippen molar-refractivity contribution in [2.24, 2.45) is 5.92 Å². The SMILES string of the molecule is C1=CCC2C(=C1)C=c1c(c3ccccc3n1-c1cc(C3NC(c4ccccc4)N3c3ccccc3)cc3ccccc13)=C2N1c2ccccc2C2C=CC3=C(C=CCC3)C21. The van der Waals surface area contributed by atoms with E-state index in [1.54, 1.807) is 0 Å². The second-order valence-electron chi connectivity index (χ2n) is 17.1. The molecule has 4 aliphatic carbocycles. The molecule has 1 fully saturated rings. The molecule has 1 saturated heterocycles. The molecule has 3 heterocycles. The molecule has 1 aromatic heterocycles. The van der Waals surface area contributed by atoms with Crippen LogP contribution in [0.5, 0.6) is 0 Å². The quantitative estimate of drug-likeness (QED) is 0.188. The predicted molar refractivity (Wildman–Crippen MR) is 247 cm³/mol. The van der Waals surface area contributed by atoms with Crippen LogP contribution in [0.4, 0.5) is 11.4 Å². The van der Waals surface area contributed by atoms with E-state index in [4.69, 9.17) is 0 Å². The first-order valence-electron chi connectivity index (χ1n) is 21.7. The van der Waals surface area contributed by atoms with E-state index < -0.39 is 0 Å². The summed E-state index contributed by atoms with van der Waals surface area (Å²) in [5, 5.41) is 10.4. The first-order valence-corrected chi connectivity index (χ1v) is 21.7. The Labute approximate surface area is 350 Å². The average molecular weight is 773 g/mol. The van der Waals surface area contributed by atoms with Crippen LogP contribution in [-0.4, -0.2) is 10.6 Å². The molecule has 60 heavy (non-hydrogen) atoms. The summed E-state index contributed by atoms with van der Waals surface area (Å²) in [5.41, 5.74) is 14.7. The minimum Gasteiger partial charge on any atom is -0.335 e. The highest BCUT2D eigenvalue weighted by atomic mass is 15.5. The molecule has 6 aliphatic rings. The first kappa shape index (κ1) is 34.0. The topological polar surface area (TPSA) is 23.4 Å². The fourth-order valence-electron chi connectivity index (χ4n) is 11.4. The maximum atomic E-state index is 4.00. The highest BCUT2D eigenvalue weighted by molar-refractivity contribution is 5.97. The third-order valence-electron chi connectivity index (χ3n) is 14.0. The number of allylic oxidation sites excluding steroid dienone is 6. The van der Waals surface area contributed by atoms with Gasteiger partial charge in [-0.15, -0.1) is 0 Å². The molecule has 0 bridgehead atoms. The molecular formula is C56H44N4. The van der Waals surface area contributed by atoms with Gasteiger partial charge in [-0.3, -0.25) is 5.32 Å². The van der Waals surface area contributed by atoms with Gasteiger partial charge in [-0.05, 0) is 101 Å². The Morgan fingerprint density at radius 2 is 1.42 bits per heavy atom. The van der Waals surface area contributed by atoms with Crippen molar-refractivity contribution in [1.29, 1.82) is 0 Å². The van der Waals surface area contributed by atoms with Crippen LogP contribution in [0.2, 0.25) is 0 Å². The Balaban J connectivity index is 1.08. The van der Waals surface area contributed by atoms with Gasteiger partial charge in [0.05, 0.1) is 22.6 Å². The Kier molecular flexibility index (Phi) is 7.55. The van der Waals surface area contributed by atoms with Crippen LogP contribution in [0.25, 0.3) is 39.1 Å². The lowest BCUT2D eigenvalue weighted by molar-refractivity contribution is 0.276. The maximum absolute atomic E-state index is 4.00. The van der Waals surface area contributed by atoms with E-state index in [9.17, 15) is 0 Å². The molecule has 13 rings (SSSR count). The third kappa shape index (κ3) is 4.95. The van der Waals surface area contributed by atoms with Crippen LogP contribution in [0.3, 0.4) is 0 Å². The highest BCUT2D eigenvalue weighted by Crippen LogP contribution is 2.53. The maximum Gasteiger partial charge on any atom is 0.109 e. The standard InChI is InChI=1S/C56H44N4/c1-3-18-37(19-4-1)55-57-56(58(55)41-22-5-2-6-23-41)40-33-38-20-8-10-24-42(38)50(35-40)59-49-30-16-14-28-47(49)52-51(59)34-39-21-9-12-26-44(39)54(52)60-48-29-15-13-27-45(48)46-32-31-36-17-7-11-25-43(36)53(46)60/h1-6,8-16,18-25,27-35,44,46,53,55-57H,7,17,26H2. The van der Waals surface area contributed by atoms with Crippen LogP contribution >= 0.6 is 0 Å². The van der Waals surface area contributed by atoms with E-state index in [1.165, 1.54) is 88.4 Å². The van der Waals surface area contributed by atoms with Gasteiger partial charge in [0.2, 0.25) is 0 Å². The summed E-state index contributed by atoms with van der Waals surface area (Å²) in [5.74, 6) is 0.542. The molecule has 7 aromatic rings. The van der Waals surface area contributed by atoms with Crippen molar-refractivity contribution in [3.05, 3.63) is 232 Å². The monoisotopic (exact) mass is 772 g/mol. The number of anilines is 2. The second kappa shape index (κ2) is 13.3. The van der Waals surface area contributed by atoms with Gasteiger partial charge in [0.25, 0.3) is 0 Å². The fraction of sp³-hybridized carbons (Fsp3) is 0.143. The van der Waals surface area contributed by atoms with Gasteiger partial charge in [-0.1, -0.05) is 152 Å². The molecule has 0 spiro atoms. The molecule has 4 nitrogen and oxygen atoms in total. The summed E-state index contributed by atoms with van der Waals surface area (Å²) in [6, 6.07) is 54.2. The number of aromatic nitrogens is 1.